The van der Waals surface area contributed by atoms with Crippen molar-refractivity contribution in [3.8, 4) is 17.2 Å². The first-order valence-corrected chi connectivity index (χ1v) is 9.54. The fraction of sp³-hybridized carbons (Fsp3) is 0.238. The number of benzene rings is 2. The third-order valence-electron chi connectivity index (χ3n) is 4.79. The maximum atomic E-state index is 13.0. The van der Waals surface area contributed by atoms with Gasteiger partial charge in [0.25, 0.3) is 11.6 Å². The lowest BCUT2D eigenvalue weighted by atomic mass is 10.1. The molecular formula is C21H20N4O5. The fourth-order valence-corrected chi connectivity index (χ4v) is 3.28. The van der Waals surface area contributed by atoms with E-state index in [0.717, 1.165) is 5.56 Å². The van der Waals surface area contributed by atoms with Crippen molar-refractivity contribution < 1.29 is 19.2 Å². The number of amides is 1. The van der Waals surface area contributed by atoms with Crippen molar-refractivity contribution in [1.29, 1.82) is 0 Å². The maximum absolute atomic E-state index is 13.0. The molecule has 0 saturated heterocycles. The largest absolute Gasteiger partial charge is 0.486 e. The molecule has 0 aliphatic carbocycles. The van der Waals surface area contributed by atoms with E-state index in [1.165, 1.54) is 16.8 Å². The summed E-state index contributed by atoms with van der Waals surface area (Å²) in [7, 11) is 0. The van der Waals surface area contributed by atoms with Crippen molar-refractivity contribution in [3.05, 3.63) is 76.1 Å². The average molecular weight is 408 g/mol. The zero-order valence-corrected chi connectivity index (χ0v) is 16.4. The van der Waals surface area contributed by atoms with Crippen molar-refractivity contribution in [3.63, 3.8) is 0 Å². The van der Waals surface area contributed by atoms with Gasteiger partial charge in [-0.25, -0.2) is 4.68 Å². The summed E-state index contributed by atoms with van der Waals surface area (Å²) < 4.78 is 12.8. The summed E-state index contributed by atoms with van der Waals surface area (Å²) >= 11 is 0. The molecule has 2 heterocycles. The summed E-state index contributed by atoms with van der Waals surface area (Å²) in [6.07, 6.45) is 1.61. The Labute approximate surface area is 172 Å². The van der Waals surface area contributed by atoms with Gasteiger partial charge in [-0.3, -0.25) is 14.9 Å². The van der Waals surface area contributed by atoms with Gasteiger partial charge in [-0.15, -0.1) is 0 Å². The van der Waals surface area contributed by atoms with Gasteiger partial charge in [0.1, 0.15) is 13.2 Å². The van der Waals surface area contributed by atoms with Gasteiger partial charge in [0, 0.05) is 37.0 Å². The smallest absolute Gasteiger partial charge is 0.274 e. The van der Waals surface area contributed by atoms with Crippen LogP contribution >= 0.6 is 0 Å². The molecule has 0 atom stereocenters. The number of rotatable bonds is 6. The van der Waals surface area contributed by atoms with E-state index < -0.39 is 4.92 Å². The molecule has 1 amide bonds. The van der Waals surface area contributed by atoms with E-state index in [-0.39, 0.29) is 17.3 Å². The number of hydrogen-bond donors (Lipinski definition) is 0. The van der Waals surface area contributed by atoms with Crippen LogP contribution in [0.5, 0.6) is 11.5 Å². The number of carbonyl (C=O) groups excluding carboxylic acids is 1. The van der Waals surface area contributed by atoms with Crippen molar-refractivity contribution in [2.45, 2.75) is 13.5 Å². The van der Waals surface area contributed by atoms with Crippen molar-refractivity contribution in [2.24, 2.45) is 0 Å². The van der Waals surface area contributed by atoms with Gasteiger partial charge in [0.05, 0.1) is 10.6 Å². The number of nitro benzene ring substituents is 1. The van der Waals surface area contributed by atoms with Crippen molar-refractivity contribution in [1.82, 2.24) is 14.7 Å². The molecule has 0 fully saturated rings. The third-order valence-corrected chi connectivity index (χ3v) is 4.79. The van der Waals surface area contributed by atoms with Crippen LogP contribution in [0.3, 0.4) is 0 Å². The normalized spacial score (nSPS) is 12.4. The van der Waals surface area contributed by atoms with E-state index in [1.54, 1.807) is 29.3 Å². The van der Waals surface area contributed by atoms with E-state index in [9.17, 15) is 14.9 Å². The van der Waals surface area contributed by atoms with Crippen LogP contribution in [0, 0.1) is 10.1 Å². The minimum absolute atomic E-state index is 0.0397. The highest BCUT2D eigenvalue weighted by Crippen LogP contribution is 2.34. The molecule has 30 heavy (non-hydrogen) atoms. The molecule has 0 spiro atoms. The van der Waals surface area contributed by atoms with E-state index in [1.807, 2.05) is 25.1 Å². The molecule has 3 aromatic rings. The van der Waals surface area contributed by atoms with Gasteiger partial charge in [0.2, 0.25) is 0 Å². The molecular weight excluding hydrogens is 388 g/mol. The van der Waals surface area contributed by atoms with Gasteiger partial charge < -0.3 is 14.4 Å². The predicted octanol–water partition coefficient (Wildman–Crippen LogP) is 3.21. The minimum atomic E-state index is -0.468. The summed E-state index contributed by atoms with van der Waals surface area (Å²) in [5, 5.41) is 15.3. The lowest BCUT2D eigenvalue weighted by Gasteiger charge is -2.25. The average Bonchev–Trinajstić information content (AvgIpc) is 3.27. The van der Waals surface area contributed by atoms with E-state index in [2.05, 4.69) is 5.10 Å². The summed E-state index contributed by atoms with van der Waals surface area (Å²) in [4.78, 5) is 25.2. The van der Waals surface area contributed by atoms with Crippen LogP contribution in [-0.2, 0) is 6.54 Å². The van der Waals surface area contributed by atoms with Crippen LogP contribution in [-0.4, -0.2) is 45.3 Å². The second kappa shape index (κ2) is 8.24. The van der Waals surface area contributed by atoms with Gasteiger partial charge >= 0.3 is 0 Å². The molecule has 2 aromatic carbocycles. The van der Waals surface area contributed by atoms with E-state index in [4.69, 9.17) is 9.47 Å². The standard InChI is InChI=1S/C21H20N4O5/c1-2-23(14-15-5-3-8-19-20(15)30-12-11-29-19)21(26)18-9-10-24(22-18)16-6-4-7-17(13-16)25(27)28/h3-10,13H,2,11-12,14H2,1H3. The highest BCUT2D eigenvalue weighted by atomic mass is 16.6. The summed E-state index contributed by atoms with van der Waals surface area (Å²) in [6.45, 7) is 3.69. The number of non-ortho nitro benzene ring substituents is 1. The van der Waals surface area contributed by atoms with Crippen LogP contribution in [0.15, 0.2) is 54.7 Å². The molecule has 4 rings (SSSR count). The third kappa shape index (κ3) is 3.82. The summed E-state index contributed by atoms with van der Waals surface area (Å²) in [6, 6.07) is 13.3. The Morgan fingerprint density at radius 1 is 1.20 bits per heavy atom. The Morgan fingerprint density at radius 3 is 2.80 bits per heavy atom. The number of para-hydroxylation sites is 1. The Morgan fingerprint density at radius 2 is 2.00 bits per heavy atom. The number of fused-ring (bicyclic) bond motifs is 1. The second-order valence-electron chi connectivity index (χ2n) is 6.68. The molecule has 0 bridgehead atoms. The SMILES string of the molecule is CCN(Cc1cccc2c1OCCO2)C(=O)c1ccn(-c2cccc([N+](=O)[O-])c2)n1. The van der Waals surface area contributed by atoms with Crippen molar-refractivity contribution in [2.75, 3.05) is 19.8 Å². The number of nitrogens with zero attached hydrogens (tertiary/aromatic N) is 4. The van der Waals surface area contributed by atoms with Gasteiger partial charge in [-0.05, 0) is 25.1 Å². The number of hydrogen-bond acceptors (Lipinski definition) is 6. The maximum Gasteiger partial charge on any atom is 0.274 e. The summed E-state index contributed by atoms with van der Waals surface area (Å²) in [5.74, 6) is 1.10. The molecule has 9 nitrogen and oxygen atoms in total. The molecule has 154 valence electrons. The van der Waals surface area contributed by atoms with Crippen LogP contribution in [0.4, 0.5) is 5.69 Å². The quantitative estimate of drug-likeness (QED) is 0.459. The Kier molecular flexibility index (Phi) is 5.34. The fourth-order valence-electron chi connectivity index (χ4n) is 3.28. The van der Waals surface area contributed by atoms with Gasteiger partial charge in [-0.1, -0.05) is 18.2 Å². The number of carbonyl (C=O) groups is 1. The predicted molar refractivity (Wildman–Crippen MR) is 108 cm³/mol. The number of nitro groups is 1. The van der Waals surface area contributed by atoms with Crippen LogP contribution in [0.1, 0.15) is 23.0 Å². The Hall–Kier alpha value is -3.88. The van der Waals surface area contributed by atoms with E-state index in [0.29, 0.717) is 43.5 Å². The first-order valence-electron chi connectivity index (χ1n) is 9.54. The minimum Gasteiger partial charge on any atom is -0.486 e. The molecule has 1 aliphatic heterocycles. The molecule has 0 radical (unpaired) electrons. The monoisotopic (exact) mass is 408 g/mol. The molecule has 1 aliphatic rings. The number of aromatic nitrogens is 2. The summed E-state index contributed by atoms with van der Waals surface area (Å²) in [5.41, 5.74) is 1.59. The lowest BCUT2D eigenvalue weighted by Crippen LogP contribution is -2.31. The highest BCUT2D eigenvalue weighted by molar-refractivity contribution is 5.92. The molecule has 0 N–H and O–H groups in total. The van der Waals surface area contributed by atoms with Crippen LogP contribution in [0.25, 0.3) is 5.69 Å². The molecule has 1 aromatic heterocycles. The molecule has 0 saturated carbocycles. The van der Waals surface area contributed by atoms with Gasteiger partial charge in [-0.2, -0.15) is 5.10 Å². The van der Waals surface area contributed by atoms with E-state index >= 15 is 0 Å². The Balaban J connectivity index is 1.55. The second-order valence-corrected chi connectivity index (χ2v) is 6.68. The molecule has 0 unspecified atom stereocenters. The van der Waals surface area contributed by atoms with Crippen molar-refractivity contribution >= 4 is 11.6 Å². The van der Waals surface area contributed by atoms with Crippen LogP contribution < -0.4 is 9.47 Å². The highest BCUT2D eigenvalue weighted by Gasteiger charge is 2.22. The first kappa shape index (κ1) is 19.4. The topological polar surface area (TPSA) is 99.7 Å². The molecule has 9 heteroatoms. The van der Waals surface area contributed by atoms with Crippen LogP contribution in [0.2, 0.25) is 0 Å². The lowest BCUT2D eigenvalue weighted by molar-refractivity contribution is -0.384. The first-order chi connectivity index (χ1) is 14.6. The zero-order chi connectivity index (χ0) is 21.1. The van der Waals surface area contributed by atoms with Gasteiger partial charge in [0.15, 0.2) is 17.2 Å². The number of ether oxygens (including phenoxy) is 2. The zero-order valence-electron chi connectivity index (χ0n) is 16.4. The Bertz CT molecular complexity index is 1090.